The Morgan fingerprint density at radius 3 is 2.36 bits per heavy atom. The Labute approximate surface area is 83.3 Å². The van der Waals surface area contributed by atoms with Crippen LogP contribution in [-0.2, 0) is 4.79 Å². The predicted molar refractivity (Wildman–Crippen MR) is 56.0 cm³/mol. The Kier molecular flexibility index (Phi) is 1.95. The van der Waals surface area contributed by atoms with Crippen molar-refractivity contribution in [3.63, 3.8) is 0 Å². The first-order chi connectivity index (χ1) is 6.62. The number of nitrogens with one attached hydrogen (secondary N) is 1. The SMILES string of the molecule is Cc1ccc(NC2(C(N)=O)CC2)cc1. The van der Waals surface area contributed by atoms with E-state index in [0.717, 1.165) is 18.5 Å². The maximum atomic E-state index is 11.1. The molecule has 0 saturated heterocycles. The zero-order valence-corrected chi connectivity index (χ0v) is 8.21. The highest BCUT2D eigenvalue weighted by Gasteiger charge is 2.48. The summed E-state index contributed by atoms with van der Waals surface area (Å²) in [5.41, 5.74) is 7.02. The van der Waals surface area contributed by atoms with E-state index in [0.29, 0.717) is 0 Å². The molecule has 3 N–H and O–H groups in total. The monoisotopic (exact) mass is 190 g/mol. The minimum Gasteiger partial charge on any atom is -0.371 e. The van der Waals surface area contributed by atoms with Crippen LogP contribution in [0.4, 0.5) is 5.69 Å². The van der Waals surface area contributed by atoms with Gasteiger partial charge in [-0.25, -0.2) is 0 Å². The summed E-state index contributed by atoms with van der Waals surface area (Å²) < 4.78 is 0. The fraction of sp³-hybridized carbons (Fsp3) is 0.364. The minimum absolute atomic E-state index is 0.252. The Morgan fingerprint density at radius 2 is 1.93 bits per heavy atom. The van der Waals surface area contributed by atoms with Crippen LogP contribution in [0.25, 0.3) is 0 Å². The second kappa shape index (κ2) is 3.01. The largest absolute Gasteiger partial charge is 0.371 e. The first kappa shape index (κ1) is 9.06. The molecule has 0 bridgehead atoms. The number of hydrogen-bond acceptors (Lipinski definition) is 2. The van der Waals surface area contributed by atoms with Crippen LogP contribution in [0.15, 0.2) is 24.3 Å². The van der Waals surface area contributed by atoms with E-state index in [-0.39, 0.29) is 5.91 Å². The van der Waals surface area contributed by atoms with Crippen molar-refractivity contribution in [1.82, 2.24) is 0 Å². The summed E-state index contributed by atoms with van der Waals surface area (Å²) in [6, 6.07) is 7.97. The molecule has 74 valence electrons. The van der Waals surface area contributed by atoms with Crippen molar-refractivity contribution in [2.24, 2.45) is 5.73 Å². The van der Waals surface area contributed by atoms with Gasteiger partial charge in [0.05, 0.1) is 0 Å². The predicted octanol–water partition coefficient (Wildman–Crippen LogP) is 1.42. The van der Waals surface area contributed by atoms with Crippen molar-refractivity contribution in [2.45, 2.75) is 25.3 Å². The maximum absolute atomic E-state index is 11.1. The molecule has 0 unspecified atom stereocenters. The van der Waals surface area contributed by atoms with E-state index in [2.05, 4.69) is 5.32 Å². The maximum Gasteiger partial charge on any atom is 0.243 e. The van der Waals surface area contributed by atoms with Gasteiger partial charge in [0, 0.05) is 5.69 Å². The minimum atomic E-state index is -0.463. The van der Waals surface area contributed by atoms with Gasteiger partial charge in [-0.05, 0) is 31.9 Å². The second-order valence-corrected chi connectivity index (χ2v) is 3.94. The van der Waals surface area contributed by atoms with Crippen LogP contribution in [0.1, 0.15) is 18.4 Å². The molecule has 0 aliphatic heterocycles. The highest BCUT2D eigenvalue weighted by molar-refractivity contribution is 5.91. The number of rotatable bonds is 3. The summed E-state index contributed by atoms with van der Waals surface area (Å²) in [5.74, 6) is -0.252. The Balaban J connectivity index is 2.11. The quantitative estimate of drug-likeness (QED) is 0.757. The molecule has 1 aliphatic rings. The zero-order chi connectivity index (χ0) is 10.2. The fourth-order valence-corrected chi connectivity index (χ4v) is 1.47. The Bertz CT molecular complexity index is 352. The van der Waals surface area contributed by atoms with Gasteiger partial charge in [-0.1, -0.05) is 17.7 Å². The lowest BCUT2D eigenvalue weighted by Gasteiger charge is -2.14. The van der Waals surface area contributed by atoms with Gasteiger partial charge >= 0.3 is 0 Å². The van der Waals surface area contributed by atoms with E-state index >= 15 is 0 Å². The number of primary amides is 1. The van der Waals surface area contributed by atoms with Gasteiger partial charge in [0.2, 0.25) is 5.91 Å². The highest BCUT2D eigenvalue weighted by atomic mass is 16.1. The first-order valence-corrected chi connectivity index (χ1v) is 4.77. The summed E-state index contributed by atoms with van der Waals surface area (Å²) in [6.45, 7) is 2.03. The van der Waals surface area contributed by atoms with Gasteiger partial charge in [0.25, 0.3) is 0 Å². The molecular formula is C11H14N2O. The molecule has 1 fully saturated rings. The standard InChI is InChI=1S/C11H14N2O/c1-8-2-4-9(5-3-8)13-11(6-7-11)10(12)14/h2-5,13H,6-7H2,1H3,(H2,12,14). The average Bonchev–Trinajstić information content (AvgIpc) is 2.90. The van der Waals surface area contributed by atoms with Gasteiger partial charge in [-0.3, -0.25) is 4.79 Å². The molecule has 2 rings (SSSR count). The van der Waals surface area contributed by atoms with Crippen molar-refractivity contribution in [2.75, 3.05) is 5.32 Å². The topological polar surface area (TPSA) is 55.1 Å². The molecule has 0 heterocycles. The molecule has 1 aliphatic carbocycles. The average molecular weight is 190 g/mol. The number of amides is 1. The molecule has 1 aromatic rings. The van der Waals surface area contributed by atoms with Crippen LogP contribution < -0.4 is 11.1 Å². The van der Waals surface area contributed by atoms with Crippen LogP contribution in [0.5, 0.6) is 0 Å². The molecule has 3 nitrogen and oxygen atoms in total. The lowest BCUT2D eigenvalue weighted by Crippen LogP contribution is -2.37. The lowest BCUT2D eigenvalue weighted by atomic mass is 10.2. The lowest BCUT2D eigenvalue weighted by molar-refractivity contribution is -0.119. The van der Waals surface area contributed by atoms with Crippen LogP contribution in [0, 0.1) is 6.92 Å². The van der Waals surface area contributed by atoms with Gasteiger partial charge in [0.15, 0.2) is 0 Å². The second-order valence-electron chi connectivity index (χ2n) is 3.94. The van der Waals surface area contributed by atoms with Gasteiger partial charge in [-0.2, -0.15) is 0 Å². The van der Waals surface area contributed by atoms with E-state index in [1.807, 2.05) is 31.2 Å². The van der Waals surface area contributed by atoms with Crippen molar-refractivity contribution >= 4 is 11.6 Å². The van der Waals surface area contributed by atoms with Crippen LogP contribution in [0.3, 0.4) is 0 Å². The van der Waals surface area contributed by atoms with Gasteiger partial charge < -0.3 is 11.1 Å². The number of benzene rings is 1. The fourth-order valence-electron chi connectivity index (χ4n) is 1.47. The molecule has 1 saturated carbocycles. The third-order valence-corrected chi connectivity index (χ3v) is 2.66. The molecule has 14 heavy (non-hydrogen) atoms. The zero-order valence-electron chi connectivity index (χ0n) is 8.21. The number of carbonyl (C=O) groups is 1. The number of nitrogens with two attached hydrogens (primary N) is 1. The Morgan fingerprint density at radius 1 is 1.36 bits per heavy atom. The highest BCUT2D eigenvalue weighted by Crippen LogP contribution is 2.38. The van der Waals surface area contributed by atoms with E-state index in [1.54, 1.807) is 0 Å². The third kappa shape index (κ3) is 1.58. The summed E-state index contributed by atoms with van der Waals surface area (Å²) in [7, 11) is 0. The summed E-state index contributed by atoms with van der Waals surface area (Å²) >= 11 is 0. The van der Waals surface area contributed by atoms with Crippen molar-refractivity contribution in [3.8, 4) is 0 Å². The Hall–Kier alpha value is -1.51. The molecule has 0 radical (unpaired) electrons. The van der Waals surface area contributed by atoms with Crippen LogP contribution in [-0.4, -0.2) is 11.4 Å². The van der Waals surface area contributed by atoms with E-state index < -0.39 is 5.54 Å². The number of anilines is 1. The molecule has 1 aromatic carbocycles. The summed E-state index contributed by atoms with van der Waals surface area (Å²) in [5, 5.41) is 3.18. The van der Waals surface area contributed by atoms with Gasteiger partial charge in [0.1, 0.15) is 5.54 Å². The van der Waals surface area contributed by atoms with Crippen molar-refractivity contribution in [1.29, 1.82) is 0 Å². The van der Waals surface area contributed by atoms with E-state index in [1.165, 1.54) is 5.56 Å². The molecule has 0 atom stereocenters. The van der Waals surface area contributed by atoms with Crippen molar-refractivity contribution in [3.05, 3.63) is 29.8 Å². The number of aryl methyl sites for hydroxylation is 1. The molecular weight excluding hydrogens is 176 g/mol. The van der Waals surface area contributed by atoms with Gasteiger partial charge in [-0.15, -0.1) is 0 Å². The smallest absolute Gasteiger partial charge is 0.243 e. The summed E-state index contributed by atoms with van der Waals surface area (Å²) in [6.07, 6.45) is 1.69. The molecule has 3 heteroatoms. The number of carbonyl (C=O) groups excluding carboxylic acids is 1. The van der Waals surface area contributed by atoms with Crippen molar-refractivity contribution < 1.29 is 4.79 Å². The molecule has 1 amide bonds. The first-order valence-electron chi connectivity index (χ1n) is 4.77. The molecule has 0 aromatic heterocycles. The molecule has 0 spiro atoms. The van der Waals surface area contributed by atoms with Crippen LogP contribution >= 0.6 is 0 Å². The summed E-state index contributed by atoms with van der Waals surface area (Å²) in [4.78, 5) is 11.1. The van der Waals surface area contributed by atoms with Crippen LogP contribution in [0.2, 0.25) is 0 Å². The van der Waals surface area contributed by atoms with E-state index in [4.69, 9.17) is 5.73 Å². The normalized spacial score (nSPS) is 17.5. The third-order valence-electron chi connectivity index (χ3n) is 2.66. The number of hydrogen-bond donors (Lipinski definition) is 2. The van der Waals surface area contributed by atoms with E-state index in [9.17, 15) is 4.79 Å².